The highest BCUT2D eigenvalue weighted by molar-refractivity contribution is 6.31. The Kier molecular flexibility index (Phi) is 5.86. The number of benzene rings is 3. The molecule has 154 valence electrons. The average molecular weight is 429 g/mol. The van der Waals surface area contributed by atoms with Crippen molar-refractivity contribution in [3.05, 3.63) is 89.0 Å². The minimum atomic E-state index is -0.821. The van der Waals surface area contributed by atoms with Gasteiger partial charge in [0.25, 0.3) is 0 Å². The summed E-state index contributed by atoms with van der Waals surface area (Å²) in [7, 11) is 0. The monoisotopic (exact) mass is 428 g/mol. The van der Waals surface area contributed by atoms with Crippen molar-refractivity contribution < 1.29 is 18.3 Å². The Morgan fingerprint density at radius 1 is 1.10 bits per heavy atom. The fourth-order valence-corrected chi connectivity index (χ4v) is 3.62. The van der Waals surface area contributed by atoms with E-state index in [1.807, 2.05) is 36.4 Å². The fourth-order valence-electron chi connectivity index (χ4n) is 3.46. The Hall–Kier alpha value is -3.12. The molecule has 0 aromatic heterocycles. The zero-order valence-corrected chi connectivity index (χ0v) is 16.7. The van der Waals surface area contributed by atoms with Gasteiger partial charge < -0.3 is 15.0 Å². The van der Waals surface area contributed by atoms with Crippen molar-refractivity contribution in [2.45, 2.75) is 19.1 Å². The molecule has 30 heavy (non-hydrogen) atoms. The Morgan fingerprint density at radius 2 is 1.90 bits per heavy atom. The van der Waals surface area contributed by atoms with Gasteiger partial charge in [-0.2, -0.15) is 0 Å². The van der Waals surface area contributed by atoms with Crippen molar-refractivity contribution in [1.29, 1.82) is 0 Å². The van der Waals surface area contributed by atoms with Gasteiger partial charge in [-0.15, -0.1) is 0 Å². The van der Waals surface area contributed by atoms with Gasteiger partial charge in [0.2, 0.25) is 5.91 Å². The molecule has 0 radical (unpaired) electrons. The van der Waals surface area contributed by atoms with Crippen molar-refractivity contribution in [1.82, 2.24) is 0 Å². The SMILES string of the molecule is O=C(CC1CN(Cc2ccccc2)c2cc(Cl)ccc2O1)Nc1ccc(F)cc1F. The van der Waals surface area contributed by atoms with Gasteiger partial charge in [0, 0.05) is 17.6 Å². The van der Waals surface area contributed by atoms with Crippen LogP contribution in [0, 0.1) is 11.6 Å². The van der Waals surface area contributed by atoms with Crippen LogP contribution in [0.1, 0.15) is 12.0 Å². The third-order valence-corrected chi connectivity index (χ3v) is 5.05. The van der Waals surface area contributed by atoms with Crippen molar-refractivity contribution in [2.24, 2.45) is 0 Å². The predicted octanol–water partition coefficient (Wildman–Crippen LogP) is 5.41. The lowest BCUT2D eigenvalue weighted by atomic mass is 10.1. The number of amides is 1. The maximum Gasteiger partial charge on any atom is 0.228 e. The lowest BCUT2D eigenvalue weighted by Crippen LogP contribution is -2.41. The number of fused-ring (bicyclic) bond motifs is 1. The van der Waals surface area contributed by atoms with Crippen molar-refractivity contribution in [3.63, 3.8) is 0 Å². The lowest BCUT2D eigenvalue weighted by molar-refractivity contribution is -0.117. The summed E-state index contributed by atoms with van der Waals surface area (Å²) in [6.07, 6.45) is -0.421. The van der Waals surface area contributed by atoms with Crippen LogP contribution >= 0.6 is 11.6 Å². The van der Waals surface area contributed by atoms with Crippen LogP contribution in [0.15, 0.2) is 66.7 Å². The van der Waals surface area contributed by atoms with E-state index in [2.05, 4.69) is 10.2 Å². The Bertz CT molecular complexity index is 1060. The Morgan fingerprint density at radius 3 is 2.67 bits per heavy atom. The Labute approximate surface area is 178 Å². The molecule has 3 aromatic rings. The number of nitrogens with one attached hydrogen (secondary N) is 1. The van der Waals surface area contributed by atoms with Crippen LogP contribution in [0.4, 0.5) is 20.2 Å². The number of hydrogen-bond acceptors (Lipinski definition) is 3. The molecule has 0 bridgehead atoms. The predicted molar refractivity (Wildman–Crippen MR) is 113 cm³/mol. The summed E-state index contributed by atoms with van der Waals surface area (Å²) in [5.74, 6) is -1.30. The van der Waals surface area contributed by atoms with Crippen LogP contribution in [0.2, 0.25) is 5.02 Å². The summed E-state index contributed by atoms with van der Waals surface area (Å²) >= 11 is 6.17. The third kappa shape index (κ3) is 4.71. The molecular weight excluding hydrogens is 410 g/mol. The molecule has 1 heterocycles. The lowest BCUT2D eigenvalue weighted by Gasteiger charge is -2.36. The molecule has 4 nitrogen and oxygen atoms in total. The highest BCUT2D eigenvalue weighted by atomic mass is 35.5. The van der Waals surface area contributed by atoms with Gasteiger partial charge in [-0.1, -0.05) is 41.9 Å². The number of hydrogen-bond donors (Lipinski definition) is 1. The summed E-state index contributed by atoms with van der Waals surface area (Å²) in [6.45, 7) is 1.09. The number of rotatable bonds is 5. The molecule has 4 rings (SSSR count). The second-order valence-electron chi connectivity index (χ2n) is 7.09. The van der Waals surface area contributed by atoms with E-state index in [1.165, 1.54) is 6.07 Å². The van der Waals surface area contributed by atoms with E-state index in [9.17, 15) is 13.6 Å². The van der Waals surface area contributed by atoms with Gasteiger partial charge in [0.1, 0.15) is 23.5 Å². The molecule has 0 fully saturated rings. The molecule has 0 aliphatic carbocycles. The average Bonchev–Trinajstić information content (AvgIpc) is 2.71. The van der Waals surface area contributed by atoms with E-state index in [-0.39, 0.29) is 12.1 Å². The number of anilines is 2. The van der Waals surface area contributed by atoms with Gasteiger partial charge in [0.15, 0.2) is 0 Å². The topological polar surface area (TPSA) is 41.6 Å². The quantitative estimate of drug-likeness (QED) is 0.590. The number of carbonyl (C=O) groups is 1. The molecule has 0 saturated heterocycles. The van der Waals surface area contributed by atoms with Crippen LogP contribution in [-0.4, -0.2) is 18.6 Å². The molecule has 7 heteroatoms. The van der Waals surface area contributed by atoms with E-state index >= 15 is 0 Å². The summed E-state index contributed by atoms with van der Waals surface area (Å²) in [6, 6.07) is 18.3. The van der Waals surface area contributed by atoms with Crippen molar-refractivity contribution in [2.75, 3.05) is 16.8 Å². The minimum absolute atomic E-state index is 0.0180. The van der Waals surface area contributed by atoms with Gasteiger partial charge in [-0.05, 0) is 35.9 Å². The first-order chi connectivity index (χ1) is 14.5. The molecule has 1 N–H and O–H groups in total. The van der Waals surface area contributed by atoms with Crippen LogP contribution in [0.3, 0.4) is 0 Å². The zero-order valence-electron chi connectivity index (χ0n) is 15.9. The maximum atomic E-state index is 13.8. The Balaban J connectivity index is 1.50. The molecule has 3 aromatic carbocycles. The minimum Gasteiger partial charge on any atom is -0.486 e. The van der Waals surface area contributed by atoms with E-state index in [0.29, 0.717) is 23.9 Å². The largest absolute Gasteiger partial charge is 0.486 e. The first-order valence-electron chi connectivity index (χ1n) is 9.48. The van der Waals surface area contributed by atoms with Crippen molar-refractivity contribution in [3.8, 4) is 5.75 Å². The van der Waals surface area contributed by atoms with E-state index in [0.717, 1.165) is 23.4 Å². The van der Waals surface area contributed by atoms with Gasteiger partial charge in [-0.3, -0.25) is 4.79 Å². The second kappa shape index (κ2) is 8.71. The molecule has 1 amide bonds. The first-order valence-corrected chi connectivity index (χ1v) is 9.86. The highest BCUT2D eigenvalue weighted by Crippen LogP contribution is 2.37. The molecular formula is C23H19ClF2N2O2. The number of nitrogens with zero attached hydrogens (tertiary/aromatic N) is 1. The maximum absolute atomic E-state index is 13.8. The highest BCUT2D eigenvalue weighted by Gasteiger charge is 2.28. The first kappa shape index (κ1) is 20.2. The summed E-state index contributed by atoms with van der Waals surface area (Å²) < 4.78 is 32.9. The van der Waals surface area contributed by atoms with E-state index < -0.39 is 23.6 Å². The molecule has 1 atom stereocenters. The summed E-state index contributed by atoms with van der Waals surface area (Å²) in [5, 5.41) is 3.08. The number of ether oxygens (including phenoxy) is 1. The van der Waals surface area contributed by atoms with Crippen LogP contribution in [0.5, 0.6) is 5.75 Å². The number of halogens is 3. The molecule has 1 unspecified atom stereocenters. The van der Waals surface area contributed by atoms with E-state index in [4.69, 9.17) is 16.3 Å². The number of carbonyl (C=O) groups excluding carboxylic acids is 1. The second-order valence-corrected chi connectivity index (χ2v) is 7.53. The summed E-state index contributed by atoms with van der Waals surface area (Å²) in [4.78, 5) is 14.6. The van der Waals surface area contributed by atoms with Gasteiger partial charge >= 0.3 is 0 Å². The molecule has 0 saturated carbocycles. The molecule has 1 aliphatic rings. The third-order valence-electron chi connectivity index (χ3n) is 4.81. The van der Waals surface area contributed by atoms with E-state index in [1.54, 1.807) is 12.1 Å². The van der Waals surface area contributed by atoms with Crippen LogP contribution in [0.25, 0.3) is 0 Å². The van der Waals surface area contributed by atoms with Gasteiger partial charge in [-0.25, -0.2) is 8.78 Å². The fraction of sp³-hybridized carbons (Fsp3) is 0.174. The summed E-state index contributed by atoms with van der Waals surface area (Å²) in [5.41, 5.74) is 1.90. The van der Waals surface area contributed by atoms with Crippen LogP contribution < -0.4 is 15.0 Å². The van der Waals surface area contributed by atoms with Crippen molar-refractivity contribution >= 4 is 28.9 Å². The van der Waals surface area contributed by atoms with Gasteiger partial charge in [0.05, 0.1) is 24.3 Å². The normalized spacial score (nSPS) is 15.3. The molecule has 1 aliphatic heterocycles. The standard InChI is InChI=1S/C23H19ClF2N2O2/c24-16-6-9-22-21(10-16)28(13-15-4-2-1-3-5-15)14-18(30-22)12-23(29)27-20-8-7-17(25)11-19(20)26/h1-11,18H,12-14H2,(H,27,29). The van der Waals surface area contributed by atoms with Crippen LogP contribution in [-0.2, 0) is 11.3 Å². The zero-order chi connectivity index (χ0) is 21.1. The smallest absolute Gasteiger partial charge is 0.228 e. The molecule has 0 spiro atoms.